The Morgan fingerprint density at radius 1 is 1.32 bits per heavy atom. The van der Waals surface area contributed by atoms with Gasteiger partial charge in [-0.25, -0.2) is 0 Å². The quantitative estimate of drug-likeness (QED) is 0.808. The lowest BCUT2D eigenvalue weighted by atomic mass is 10.1. The van der Waals surface area contributed by atoms with E-state index in [1.165, 1.54) is 30.6 Å². The summed E-state index contributed by atoms with van der Waals surface area (Å²) in [4.78, 5) is 0. The number of benzene rings is 1. The Bertz CT molecular complexity index is 379. The molecule has 3 unspecified atom stereocenters. The van der Waals surface area contributed by atoms with Crippen molar-refractivity contribution >= 4 is 27.7 Å². The van der Waals surface area contributed by atoms with Gasteiger partial charge in [0.05, 0.1) is 0 Å². The standard InChI is InChI=1S/C16H24BrNS/c1-3-19-16-6-4-5-15(16)18-12(2)11-13-7-9-14(17)10-8-13/h7-10,12,15-16,18H,3-6,11H2,1-2H3. The lowest BCUT2D eigenvalue weighted by Crippen LogP contribution is -2.41. The smallest absolute Gasteiger partial charge is 0.0201 e. The van der Waals surface area contributed by atoms with Crippen molar-refractivity contribution in [2.24, 2.45) is 0 Å². The van der Waals surface area contributed by atoms with Gasteiger partial charge in [-0.1, -0.05) is 41.4 Å². The summed E-state index contributed by atoms with van der Waals surface area (Å²) in [5, 5.41) is 4.68. The predicted molar refractivity (Wildman–Crippen MR) is 90.0 cm³/mol. The molecule has 0 spiro atoms. The Balaban J connectivity index is 1.83. The van der Waals surface area contributed by atoms with Crippen LogP contribution in [0.5, 0.6) is 0 Å². The van der Waals surface area contributed by atoms with Crippen molar-refractivity contribution in [2.45, 2.75) is 56.9 Å². The molecule has 0 amide bonds. The fourth-order valence-corrected chi connectivity index (χ4v) is 4.40. The van der Waals surface area contributed by atoms with Gasteiger partial charge in [-0.15, -0.1) is 0 Å². The number of halogens is 1. The van der Waals surface area contributed by atoms with Crippen LogP contribution in [0.1, 0.15) is 38.7 Å². The van der Waals surface area contributed by atoms with E-state index in [1.807, 2.05) is 0 Å². The Kier molecular flexibility index (Phi) is 6.24. The van der Waals surface area contributed by atoms with Crippen LogP contribution in [0.4, 0.5) is 0 Å². The van der Waals surface area contributed by atoms with Gasteiger partial charge in [0, 0.05) is 21.8 Å². The third-order valence-corrected chi connectivity index (χ3v) is 5.64. The van der Waals surface area contributed by atoms with E-state index in [2.05, 4.69) is 71.1 Å². The van der Waals surface area contributed by atoms with Crippen molar-refractivity contribution < 1.29 is 0 Å². The summed E-state index contributed by atoms with van der Waals surface area (Å²) in [6.07, 6.45) is 5.25. The highest BCUT2D eigenvalue weighted by Crippen LogP contribution is 2.30. The van der Waals surface area contributed by atoms with Crippen LogP contribution in [0, 0.1) is 0 Å². The summed E-state index contributed by atoms with van der Waals surface area (Å²) in [7, 11) is 0. The molecule has 0 bridgehead atoms. The summed E-state index contributed by atoms with van der Waals surface area (Å²) in [6, 6.07) is 9.98. The molecule has 1 aliphatic carbocycles. The first-order valence-electron chi connectivity index (χ1n) is 7.31. The molecule has 0 saturated heterocycles. The third kappa shape index (κ3) is 4.80. The molecule has 3 atom stereocenters. The van der Waals surface area contributed by atoms with E-state index in [0.717, 1.165) is 22.2 Å². The molecule has 2 rings (SSSR count). The molecule has 19 heavy (non-hydrogen) atoms. The predicted octanol–water partition coefficient (Wildman–Crippen LogP) is 4.64. The Hall–Kier alpha value is 0.01000. The monoisotopic (exact) mass is 341 g/mol. The van der Waals surface area contributed by atoms with E-state index < -0.39 is 0 Å². The highest BCUT2D eigenvalue weighted by molar-refractivity contribution is 9.10. The van der Waals surface area contributed by atoms with Gasteiger partial charge in [0.1, 0.15) is 0 Å². The average molecular weight is 342 g/mol. The molecule has 1 N–H and O–H groups in total. The number of hydrogen-bond acceptors (Lipinski definition) is 2. The summed E-state index contributed by atoms with van der Waals surface area (Å²) in [5.74, 6) is 1.24. The van der Waals surface area contributed by atoms with Crippen LogP contribution in [0.15, 0.2) is 28.7 Å². The van der Waals surface area contributed by atoms with E-state index in [-0.39, 0.29) is 0 Å². The van der Waals surface area contributed by atoms with Crippen LogP contribution < -0.4 is 5.32 Å². The first-order chi connectivity index (χ1) is 9.19. The first-order valence-corrected chi connectivity index (χ1v) is 9.15. The maximum atomic E-state index is 3.84. The average Bonchev–Trinajstić information content (AvgIpc) is 2.80. The Morgan fingerprint density at radius 3 is 2.74 bits per heavy atom. The second-order valence-electron chi connectivity index (χ2n) is 5.43. The lowest BCUT2D eigenvalue weighted by molar-refractivity contribution is 0.453. The van der Waals surface area contributed by atoms with Crippen LogP contribution in [-0.4, -0.2) is 23.1 Å². The minimum atomic E-state index is 0.559. The fraction of sp³-hybridized carbons (Fsp3) is 0.625. The maximum Gasteiger partial charge on any atom is 0.0201 e. The highest BCUT2D eigenvalue weighted by Gasteiger charge is 2.27. The minimum absolute atomic E-state index is 0.559. The van der Waals surface area contributed by atoms with Gasteiger partial charge in [0.25, 0.3) is 0 Å². The van der Waals surface area contributed by atoms with Crippen molar-refractivity contribution in [3.63, 3.8) is 0 Å². The first kappa shape index (κ1) is 15.4. The topological polar surface area (TPSA) is 12.0 Å². The van der Waals surface area contributed by atoms with Gasteiger partial charge in [0.15, 0.2) is 0 Å². The molecule has 0 radical (unpaired) electrons. The normalized spacial score (nSPS) is 24.6. The lowest BCUT2D eigenvalue weighted by Gasteiger charge is -2.24. The van der Waals surface area contributed by atoms with Gasteiger partial charge in [-0.3, -0.25) is 0 Å². The van der Waals surface area contributed by atoms with E-state index in [1.54, 1.807) is 0 Å². The van der Waals surface area contributed by atoms with Gasteiger partial charge >= 0.3 is 0 Å². The molecule has 0 heterocycles. The molecule has 1 fully saturated rings. The summed E-state index contributed by atoms with van der Waals surface area (Å²) in [6.45, 7) is 4.58. The second kappa shape index (κ2) is 7.70. The molecule has 1 aliphatic rings. The van der Waals surface area contributed by atoms with Crippen LogP contribution in [0.25, 0.3) is 0 Å². The summed E-state index contributed by atoms with van der Waals surface area (Å²) >= 11 is 5.62. The number of nitrogens with one attached hydrogen (secondary N) is 1. The van der Waals surface area contributed by atoms with E-state index in [0.29, 0.717) is 6.04 Å². The van der Waals surface area contributed by atoms with Crippen LogP contribution in [0.2, 0.25) is 0 Å². The van der Waals surface area contributed by atoms with Gasteiger partial charge in [-0.05, 0) is 49.6 Å². The van der Waals surface area contributed by atoms with Crippen LogP contribution in [-0.2, 0) is 6.42 Å². The van der Waals surface area contributed by atoms with Crippen molar-refractivity contribution in [3.05, 3.63) is 34.3 Å². The molecule has 1 saturated carbocycles. The van der Waals surface area contributed by atoms with Crippen molar-refractivity contribution in [2.75, 3.05) is 5.75 Å². The highest BCUT2D eigenvalue weighted by atomic mass is 79.9. The van der Waals surface area contributed by atoms with Gasteiger partial charge in [0.2, 0.25) is 0 Å². The molecule has 3 heteroatoms. The molecule has 1 aromatic carbocycles. The van der Waals surface area contributed by atoms with Crippen molar-refractivity contribution in [3.8, 4) is 0 Å². The summed E-state index contributed by atoms with van der Waals surface area (Å²) in [5.41, 5.74) is 1.42. The number of hydrogen-bond donors (Lipinski definition) is 1. The zero-order chi connectivity index (χ0) is 13.7. The molecular weight excluding hydrogens is 318 g/mol. The molecule has 106 valence electrons. The maximum absolute atomic E-state index is 3.84. The summed E-state index contributed by atoms with van der Waals surface area (Å²) < 4.78 is 1.16. The van der Waals surface area contributed by atoms with Gasteiger partial charge < -0.3 is 5.32 Å². The van der Waals surface area contributed by atoms with E-state index in [9.17, 15) is 0 Å². The third-order valence-electron chi connectivity index (χ3n) is 3.79. The van der Waals surface area contributed by atoms with Crippen molar-refractivity contribution in [1.29, 1.82) is 0 Å². The molecule has 1 aromatic rings. The van der Waals surface area contributed by atoms with Crippen LogP contribution in [0.3, 0.4) is 0 Å². The van der Waals surface area contributed by atoms with E-state index >= 15 is 0 Å². The van der Waals surface area contributed by atoms with Crippen LogP contribution >= 0.6 is 27.7 Å². The second-order valence-corrected chi connectivity index (χ2v) is 7.86. The molecule has 1 nitrogen and oxygen atoms in total. The largest absolute Gasteiger partial charge is 0.310 e. The molecule has 0 aliphatic heterocycles. The number of thioether (sulfide) groups is 1. The zero-order valence-corrected chi connectivity index (χ0v) is 14.3. The molecule has 0 aromatic heterocycles. The number of rotatable bonds is 6. The zero-order valence-electron chi connectivity index (χ0n) is 11.9. The fourth-order valence-electron chi connectivity index (χ4n) is 2.93. The Morgan fingerprint density at radius 2 is 2.05 bits per heavy atom. The SMILES string of the molecule is CCSC1CCCC1NC(C)Cc1ccc(Br)cc1. The molecular formula is C16H24BrNS. The van der Waals surface area contributed by atoms with E-state index in [4.69, 9.17) is 0 Å². The van der Waals surface area contributed by atoms with Gasteiger partial charge in [-0.2, -0.15) is 11.8 Å². The Labute approximate surface area is 130 Å². The van der Waals surface area contributed by atoms with Crippen molar-refractivity contribution in [1.82, 2.24) is 5.32 Å². The minimum Gasteiger partial charge on any atom is -0.310 e.